The molecule has 0 saturated carbocycles. The van der Waals surface area contributed by atoms with Gasteiger partial charge in [-0.25, -0.2) is 14.0 Å². The van der Waals surface area contributed by atoms with Gasteiger partial charge in [-0.15, -0.1) is 0 Å². The summed E-state index contributed by atoms with van der Waals surface area (Å²) in [6.45, 7) is 1.94. The fourth-order valence-electron chi connectivity index (χ4n) is 2.48. The van der Waals surface area contributed by atoms with Gasteiger partial charge in [-0.3, -0.25) is 0 Å². The summed E-state index contributed by atoms with van der Waals surface area (Å²) in [4.78, 5) is 3.91. The maximum Gasteiger partial charge on any atom is 0.173 e. The van der Waals surface area contributed by atoms with Gasteiger partial charge in [-0.05, 0) is 25.7 Å². The second-order valence-corrected chi connectivity index (χ2v) is 4.88. The van der Waals surface area contributed by atoms with E-state index in [0.29, 0.717) is 4.59 Å². The molecule has 0 radical (unpaired) electrons. The van der Waals surface area contributed by atoms with Crippen molar-refractivity contribution in [1.82, 2.24) is 15.0 Å². The first-order valence-electron chi connectivity index (χ1n) is 6.06. The summed E-state index contributed by atoms with van der Waals surface area (Å²) in [6, 6.07) is 1.50. The summed E-state index contributed by atoms with van der Waals surface area (Å²) in [5.74, 6) is -0.443. The summed E-state index contributed by atoms with van der Waals surface area (Å²) in [6.07, 6.45) is 6.44. The highest BCUT2D eigenvalue weighted by Gasteiger charge is 2.31. The van der Waals surface area contributed by atoms with Crippen molar-refractivity contribution >= 4 is 17.3 Å². The third kappa shape index (κ3) is 2.59. The van der Waals surface area contributed by atoms with Crippen molar-refractivity contribution in [1.29, 1.82) is 0 Å². The number of hydrogen-bond donors (Lipinski definition) is 1. The van der Waals surface area contributed by atoms with Crippen LogP contribution in [0.2, 0.25) is 5.15 Å². The minimum absolute atomic E-state index is 0.0576. The van der Waals surface area contributed by atoms with Crippen LogP contribution in [0.15, 0.2) is 12.3 Å². The second kappa shape index (κ2) is 5.29. The SMILES string of the molecule is CN[N+]1(c2cnc(Cl)c(F)c2)CCCCCC1. The topological polar surface area (TPSA) is 24.9 Å². The number of aromatic nitrogens is 1. The molecule has 0 unspecified atom stereocenters. The molecule has 1 aromatic rings. The van der Waals surface area contributed by atoms with E-state index in [-0.39, 0.29) is 5.15 Å². The second-order valence-electron chi connectivity index (χ2n) is 4.52. The molecular formula is C12H18ClFN3+. The molecule has 2 heterocycles. The van der Waals surface area contributed by atoms with Gasteiger partial charge in [0.15, 0.2) is 16.7 Å². The quantitative estimate of drug-likeness (QED) is 0.652. The van der Waals surface area contributed by atoms with Crippen LogP contribution in [-0.4, -0.2) is 25.1 Å². The zero-order chi connectivity index (χ0) is 12.3. The van der Waals surface area contributed by atoms with E-state index in [9.17, 15) is 4.39 Å². The standard InChI is InChI=1S/C12H18ClFN3/c1-15-17(6-4-2-3-5-7-17)10-8-11(14)12(13)16-9-10/h8-9,15H,2-7H2,1H3/q+1. The van der Waals surface area contributed by atoms with Crippen molar-refractivity contribution in [3.05, 3.63) is 23.2 Å². The Morgan fingerprint density at radius 2 is 1.94 bits per heavy atom. The molecule has 1 N–H and O–H groups in total. The first-order valence-corrected chi connectivity index (χ1v) is 6.43. The minimum atomic E-state index is -0.443. The van der Waals surface area contributed by atoms with E-state index in [1.54, 1.807) is 6.20 Å². The first-order chi connectivity index (χ1) is 8.18. The Morgan fingerprint density at radius 1 is 1.29 bits per heavy atom. The maximum atomic E-state index is 13.5. The van der Waals surface area contributed by atoms with Crippen molar-refractivity contribution in [2.75, 3.05) is 20.1 Å². The Labute approximate surface area is 106 Å². The number of quaternary nitrogens is 1. The monoisotopic (exact) mass is 258 g/mol. The number of hydrogen-bond acceptors (Lipinski definition) is 2. The summed E-state index contributed by atoms with van der Waals surface area (Å²) < 4.78 is 14.1. The predicted molar refractivity (Wildman–Crippen MR) is 68.3 cm³/mol. The van der Waals surface area contributed by atoms with Crippen molar-refractivity contribution < 1.29 is 4.39 Å². The minimum Gasteiger partial charge on any atom is -0.235 e. The molecule has 0 amide bonds. The summed E-state index contributed by atoms with van der Waals surface area (Å²) in [7, 11) is 1.91. The third-order valence-corrected chi connectivity index (χ3v) is 3.81. The molecule has 1 fully saturated rings. The molecule has 1 aliphatic rings. The average Bonchev–Trinajstić information content (AvgIpc) is 2.59. The van der Waals surface area contributed by atoms with Crippen LogP contribution < -0.4 is 10.0 Å². The lowest BCUT2D eigenvalue weighted by Gasteiger charge is -2.35. The van der Waals surface area contributed by atoms with Crippen molar-refractivity contribution in [2.24, 2.45) is 0 Å². The van der Waals surface area contributed by atoms with E-state index in [4.69, 9.17) is 11.6 Å². The molecule has 5 heteroatoms. The first kappa shape index (κ1) is 12.7. The van der Waals surface area contributed by atoms with Gasteiger partial charge in [-0.1, -0.05) is 11.6 Å². The van der Waals surface area contributed by atoms with E-state index in [2.05, 4.69) is 10.4 Å². The lowest BCUT2D eigenvalue weighted by Crippen LogP contribution is -2.58. The van der Waals surface area contributed by atoms with Gasteiger partial charge in [0, 0.05) is 13.1 Å². The van der Waals surface area contributed by atoms with Crippen LogP contribution in [0, 0.1) is 5.82 Å². The molecular weight excluding hydrogens is 241 g/mol. The smallest absolute Gasteiger partial charge is 0.173 e. The summed E-state index contributed by atoms with van der Waals surface area (Å²) in [5, 5.41) is -0.0576. The van der Waals surface area contributed by atoms with E-state index in [1.807, 2.05) is 7.05 Å². The van der Waals surface area contributed by atoms with E-state index >= 15 is 0 Å². The lowest BCUT2D eigenvalue weighted by molar-refractivity contribution is 0.216. The number of nitrogens with zero attached hydrogens (tertiary/aromatic N) is 2. The largest absolute Gasteiger partial charge is 0.235 e. The van der Waals surface area contributed by atoms with Gasteiger partial charge >= 0.3 is 0 Å². The van der Waals surface area contributed by atoms with Gasteiger partial charge in [0.25, 0.3) is 0 Å². The molecule has 1 aliphatic heterocycles. The average molecular weight is 259 g/mol. The number of pyridine rings is 1. The van der Waals surface area contributed by atoms with E-state index < -0.39 is 5.82 Å². The van der Waals surface area contributed by atoms with Gasteiger partial charge < -0.3 is 0 Å². The van der Waals surface area contributed by atoms with Crippen molar-refractivity contribution in [2.45, 2.75) is 25.7 Å². The van der Waals surface area contributed by atoms with Gasteiger partial charge in [0.05, 0.1) is 6.20 Å². The molecule has 17 heavy (non-hydrogen) atoms. The molecule has 3 nitrogen and oxygen atoms in total. The Morgan fingerprint density at radius 3 is 2.47 bits per heavy atom. The molecule has 94 valence electrons. The Bertz CT molecular complexity index is 389. The molecule has 0 atom stereocenters. The summed E-state index contributed by atoms with van der Waals surface area (Å²) in [5.41, 5.74) is 4.17. The number of rotatable bonds is 2. The zero-order valence-corrected chi connectivity index (χ0v) is 10.8. The highest BCUT2D eigenvalue weighted by Crippen LogP contribution is 2.27. The maximum absolute atomic E-state index is 13.5. The van der Waals surface area contributed by atoms with E-state index in [1.165, 1.54) is 18.9 Å². The van der Waals surface area contributed by atoms with Crippen LogP contribution in [0.1, 0.15) is 25.7 Å². The van der Waals surface area contributed by atoms with Crippen molar-refractivity contribution in [3.8, 4) is 0 Å². The fraction of sp³-hybridized carbons (Fsp3) is 0.583. The summed E-state index contributed by atoms with van der Waals surface area (Å²) >= 11 is 5.63. The lowest BCUT2D eigenvalue weighted by atomic mass is 10.2. The van der Waals surface area contributed by atoms with Crippen LogP contribution >= 0.6 is 11.6 Å². The molecule has 0 aromatic carbocycles. The third-order valence-electron chi connectivity index (χ3n) is 3.53. The number of halogens is 2. The van der Waals surface area contributed by atoms with E-state index in [0.717, 1.165) is 31.6 Å². The fourth-order valence-corrected chi connectivity index (χ4v) is 2.59. The van der Waals surface area contributed by atoms with Gasteiger partial charge in [0.2, 0.25) is 0 Å². The Kier molecular flexibility index (Phi) is 3.97. The molecule has 0 bridgehead atoms. The zero-order valence-electron chi connectivity index (χ0n) is 10.0. The highest BCUT2D eigenvalue weighted by atomic mass is 35.5. The molecule has 1 saturated heterocycles. The molecule has 1 aromatic heterocycles. The van der Waals surface area contributed by atoms with Crippen LogP contribution in [0.3, 0.4) is 0 Å². The van der Waals surface area contributed by atoms with Crippen LogP contribution in [-0.2, 0) is 0 Å². The predicted octanol–water partition coefficient (Wildman–Crippen LogP) is 2.89. The Hall–Kier alpha value is -0.710. The van der Waals surface area contributed by atoms with Crippen molar-refractivity contribution in [3.63, 3.8) is 0 Å². The van der Waals surface area contributed by atoms with Crippen LogP contribution in [0.5, 0.6) is 0 Å². The molecule has 0 spiro atoms. The number of nitrogens with one attached hydrogen (secondary N) is 1. The normalized spacial score (nSPS) is 19.9. The van der Waals surface area contributed by atoms with Gasteiger partial charge in [-0.2, -0.15) is 5.43 Å². The molecule has 0 aliphatic carbocycles. The Balaban J connectivity index is 2.35. The molecule has 2 rings (SSSR count). The highest BCUT2D eigenvalue weighted by molar-refractivity contribution is 6.29. The van der Waals surface area contributed by atoms with Crippen LogP contribution in [0.25, 0.3) is 0 Å². The van der Waals surface area contributed by atoms with Gasteiger partial charge in [0.1, 0.15) is 13.1 Å². The van der Waals surface area contributed by atoms with Crippen LogP contribution in [0.4, 0.5) is 10.1 Å².